The summed E-state index contributed by atoms with van der Waals surface area (Å²) in [7, 11) is 0. The Hall–Kier alpha value is -2.87. The Morgan fingerprint density at radius 2 is 2.13 bits per heavy atom. The first-order valence-electron chi connectivity index (χ1n) is 6.81. The molecular weight excluding hydrogens is 316 g/mol. The number of fused-ring (bicyclic) bond motifs is 1. The van der Waals surface area contributed by atoms with Crippen LogP contribution in [0.3, 0.4) is 0 Å². The predicted octanol–water partition coefficient (Wildman–Crippen LogP) is 1.89. The molecule has 0 spiro atoms. The lowest BCUT2D eigenvalue weighted by Crippen LogP contribution is -2.25. The van der Waals surface area contributed by atoms with E-state index in [4.69, 9.17) is 5.11 Å². The normalized spacial score (nSPS) is 11.3. The van der Waals surface area contributed by atoms with Gasteiger partial charge in [-0.25, -0.2) is 4.98 Å². The van der Waals surface area contributed by atoms with Crippen LogP contribution in [0.4, 0.5) is 0 Å². The van der Waals surface area contributed by atoms with Crippen molar-refractivity contribution in [3.8, 4) is 0 Å². The summed E-state index contributed by atoms with van der Waals surface area (Å²) in [6.45, 7) is 0.0565. The van der Waals surface area contributed by atoms with Gasteiger partial charge in [-0.05, 0) is 35.8 Å². The summed E-state index contributed by atoms with van der Waals surface area (Å²) in [5, 5.41) is 15.0. The fraction of sp³-hybridized carbons (Fsp3) is 0.133. The SMILES string of the molecule is O=C(O)CCn1c(C=Cc2csnn2)nc2ccccc2c1=O. The third-order valence-corrected chi connectivity index (χ3v) is 3.74. The average Bonchev–Trinajstić information content (AvgIpc) is 3.05. The van der Waals surface area contributed by atoms with Crippen molar-refractivity contribution in [3.63, 3.8) is 0 Å². The van der Waals surface area contributed by atoms with E-state index in [-0.39, 0.29) is 18.5 Å². The molecular formula is C15H12N4O3S. The zero-order valence-electron chi connectivity index (χ0n) is 11.9. The van der Waals surface area contributed by atoms with Gasteiger partial charge in [0, 0.05) is 11.9 Å². The Kier molecular flexibility index (Phi) is 4.24. The van der Waals surface area contributed by atoms with E-state index in [9.17, 15) is 9.59 Å². The third-order valence-electron chi connectivity index (χ3n) is 3.22. The topological polar surface area (TPSA) is 98.0 Å². The summed E-state index contributed by atoms with van der Waals surface area (Å²) in [5.74, 6) is -0.577. The van der Waals surface area contributed by atoms with E-state index in [2.05, 4.69) is 14.6 Å². The Bertz CT molecular complexity index is 932. The van der Waals surface area contributed by atoms with Gasteiger partial charge in [0.05, 0.1) is 23.0 Å². The molecule has 0 unspecified atom stereocenters. The van der Waals surface area contributed by atoms with Gasteiger partial charge in [0.1, 0.15) is 5.82 Å². The van der Waals surface area contributed by atoms with Crippen molar-refractivity contribution in [1.82, 2.24) is 19.1 Å². The quantitative estimate of drug-likeness (QED) is 0.768. The first-order valence-corrected chi connectivity index (χ1v) is 7.65. The zero-order chi connectivity index (χ0) is 16.2. The minimum Gasteiger partial charge on any atom is -0.481 e. The molecule has 0 saturated carbocycles. The lowest BCUT2D eigenvalue weighted by atomic mass is 10.2. The fourth-order valence-electron chi connectivity index (χ4n) is 2.14. The molecule has 0 fully saturated rings. The number of para-hydroxylation sites is 1. The minimum atomic E-state index is -0.969. The molecule has 2 heterocycles. The van der Waals surface area contributed by atoms with Crippen molar-refractivity contribution in [2.45, 2.75) is 13.0 Å². The molecule has 116 valence electrons. The Morgan fingerprint density at radius 3 is 2.87 bits per heavy atom. The molecule has 8 heteroatoms. The Morgan fingerprint density at radius 1 is 1.30 bits per heavy atom. The van der Waals surface area contributed by atoms with E-state index in [1.807, 2.05) is 0 Å². The maximum atomic E-state index is 12.6. The van der Waals surface area contributed by atoms with E-state index in [1.54, 1.807) is 41.8 Å². The van der Waals surface area contributed by atoms with Gasteiger partial charge in [-0.3, -0.25) is 14.2 Å². The monoisotopic (exact) mass is 328 g/mol. The smallest absolute Gasteiger partial charge is 0.305 e. The highest BCUT2D eigenvalue weighted by atomic mass is 32.1. The van der Waals surface area contributed by atoms with Crippen LogP contribution in [0.15, 0.2) is 34.4 Å². The first-order chi connectivity index (χ1) is 11.1. The maximum absolute atomic E-state index is 12.6. The average molecular weight is 328 g/mol. The number of nitrogens with zero attached hydrogens (tertiary/aromatic N) is 4. The number of carboxylic acids is 1. The largest absolute Gasteiger partial charge is 0.481 e. The van der Waals surface area contributed by atoms with Crippen LogP contribution < -0.4 is 5.56 Å². The molecule has 3 aromatic rings. The van der Waals surface area contributed by atoms with Crippen LogP contribution in [0.5, 0.6) is 0 Å². The molecule has 3 rings (SSSR count). The molecule has 0 bridgehead atoms. The van der Waals surface area contributed by atoms with E-state index in [0.29, 0.717) is 22.4 Å². The molecule has 0 atom stereocenters. The summed E-state index contributed by atoms with van der Waals surface area (Å²) >= 11 is 1.22. The zero-order valence-corrected chi connectivity index (χ0v) is 12.7. The van der Waals surface area contributed by atoms with Crippen LogP contribution in [0.25, 0.3) is 23.1 Å². The molecule has 0 aliphatic heterocycles. The number of aliphatic carboxylic acids is 1. The van der Waals surface area contributed by atoms with Gasteiger partial charge in [0.2, 0.25) is 0 Å². The minimum absolute atomic E-state index is 0.0565. The molecule has 23 heavy (non-hydrogen) atoms. The van der Waals surface area contributed by atoms with E-state index < -0.39 is 5.97 Å². The number of rotatable bonds is 5. The fourth-order valence-corrected chi connectivity index (χ4v) is 2.56. The molecule has 7 nitrogen and oxygen atoms in total. The van der Waals surface area contributed by atoms with Gasteiger partial charge >= 0.3 is 5.97 Å². The van der Waals surface area contributed by atoms with Crippen molar-refractivity contribution < 1.29 is 9.90 Å². The van der Waals surface area contributed by atoms with Crippen molar-refractivity contribution in [2.75, 3.05) is 0 Å². The van der Waals surface area contributed by atoms with Crippen LogP contribution in [-0.2, 0) is 11.3 Å². The van der Waals surface area contributed by atoms with E-state index in [1.165, 1.54) is 16.1 Å². The van der Waals surface area contributed by atoms with Crippen molar-refractivity contribution >= 4 is 40.6 Å². The molecule has 1 N–H and O–H groups in total. The number of hydrogen-bond acceptors (Lipinski definition) is 6. The molecule has 2 aromatic heterocycles. The summed E-state index contributed by atoms with van der Waals surface area (Å²) in [6.07, 6.45) is 3.18. The second-order valence-corrected chi connectivity index (χ2v) is 5.36. The standard InChI is InChI=1S/C15H12N4O3S/c20-14(21)7-8-19-13(6-5-10-9-23-18-17-10)16-12-4-2-1-3-11(12)15(19)22/h1-6,9H,7-8H2,(H,20,21). The molecule has 1 aromatic carbocycles. The van der Waals surface area contributed by atoms with Crippen LogP contribution in [0.2, 0.25) is 0 Å². The van der Waals surface area contributed by atoms with Gasteiger partial charge < -0.3 is 5.11 Å². The van der Waals surface area contributed by atoms with Gasteiger partial charge in [0.15, 0.2) is 0 Å². The number of benzene rings is 1. The van der Waals surface area contributed by atoms with Crippen molar-refractivity contribution in [1.29, 1.82) is 0 Å². The second kappa shape index (κ2) is 6.49. The van der Waals surface area contributed by atoms with Crippen LogP contribution in [0.1, 0.15) is 17.9 Å². The number of carboxylic acid groups (broad SMARTS) is 1. The second-order valence-electron chi connectivity index (χ2n) is 4.75. The summed E-state index contributed by atoms with van der Waals surface area (Å²) in [4.78, 5) is 27.9. The molecule has 0 aliphatic rings. The lowest BCUT2D eigenvalue weighted by Gasteiger charge is -2.09. The highest BCUT2D eigenvalue weighted by Gasteiger charge is 2.10. The summed E-state index contributed by atoms with van der Waals surface area (Å²) < 4.78 is 5.13. The van der Waals surface area contributed by atoms with Gasteiger partial charge in [-0.15, -0.1) is 5.10 Å². The molecule has 0 radical (unpaired) electrons. The van der Waals surface area contributed by atoms with E-state index >= 15 is 0 Å². The number of hydrogen-bond donors (Lipinski definition) is 1. The molecule has 0 saturated heterocycles. The van der Waals surface area contributed by atoms with Crippen LogP contribution in [-0.4, -0.2) is 30.2 Å². The van der Waals surface area contributed by atoms with Crippen molar-refractivity contribution in [2.24, 2.45) is 0 Å². The lowest BCUT2D eigenvalue weighted by molar-refractivity contribution is -0.137. The van der Waals surface area contributed by atoms with Gasteiger partial charge in [-0.1, -0.05) is 16.6 Å². The van der Waals surface area contributed by atoms with Crippen LogP contribution >= 0.6 is 11.5 Å². The van der Waals surface area contributed by atoms with Crippen LogP contribution in [0, 0.1) is 0 Å². The summed E-state index contributed by atoms with van der Waals surface area (Å²) in [6, 6.07) is 6.98. The van der Waals surface area contributed by atoms with E-state index in [0.717, 1.165) is 0 Å². The molecule has 0 aliphatic carbocycles. The summed E-state index contributed by atoms with van der Waals surface area (Å²) in [5.41, 5.74) is 0.968. The number of aromatic nitrogens is 4. The Labute approximate surface area is 134 Å². The van der Waals surface area contributed by atoms with Crippen molar-refractivity contribution in [3.05, 3.63) is 51.5 Å². The third kappa shape index (κ3) is 3.32. The highest BCUT2D eigenvalue weighted by Crippen LogP contribution is 2.11. The number of carbonyl (C=O) groups is 1. The maximum Gasteiger partial charge on any atom is 0.305 e. The highest BCUT2D eigenvalue weighted by molar-refractivity contribution is 7.03. The predicted molar refractivity (Wildman–Crippen MR) is 87.1 cm³/mol. The van der Waals surface area contributed by atoms with Gasteiger partial charge in [0.25, 0.3) is 5.56 Å². The first kappa shape index (κ1) is 15.0. The molecule has 0 amide bonds. The van der Waals surface area contributed by atoms with Gasteiger partial charge in [-0.2, -0.15) is 0 Å². The Balaban J connectivity index is 2.11.